The lowest BCUT2D eigenvalue weighted by atomic mass is 10.1. The van der Waals surface area contributed by atoms with Crippen molar-refractivity contribution in [2.45, 2.75) is 31.8 Å². The molecule has 3 nitrogen and oxygen atoms in total. The van der Waals surface area contributed by atoms with Crippen LogP contribution in [0.4, 0.5) is 0 Å². The molecule has 0 aliphatic carbocycles. The third-order valence-corrected chi connectivity index (χ3v) is 4.20. The molecule has 4 heteroatoms. The van der Waals surface area contributed by atoms with E-state index in [1.54, 1.807) is 24.8 Å². The molecule has 1 rings (SSSR count). The van der Waals surface area contributed by atoms with Crippen LogP contribution < -0.4 is 0 Å². The Labute approximate surface area is 120 Å². The average Bonchev–Trinajstić information content (AvgIpc) is 2.43. The maximum atomic E-state index is 9.76. The summed E-state index contributed by atoms with van der Waals surface area (Å²) >= 11 is 1.71. The van der Waals surface area contributed by atoms with Gasteiger partial charge in [0.2, 0.25) is 0 Å². The summed E-state index contributed by atoms with van der Waals surface area (Å²) in [6, 6.07) is 7.63. The molecule has 0 aliphatic heterocycles. The zero-order valence-electron chi connectivity index (χ0n) is 11.9. The summed E-state index contributed by atoms with van der Waals surface area (Å²) in [4.78, 5) is 3.38. The van der Waals surface area contributed by atoms with Crippen LogP contribution in [0.3, 0.4) is 0 Å². The summed E-state index contributed by atoms with van der Waals surface area (Å²) in [5.74, 6) is 0.969. The molecule has 0 fully saturated rings. The summed E-state index contributed by atoms with van der Waals surface area (Å²) in [7, 11) is 0. The van der Waals surface area contributed by atoms with Crippen LogP contribution in [0.5, 0.6) is 0 Å². The molecule has 1 N–H and O–H groups in total. The number of hydrogen-bond donors (Lipinski definition) is 1. The van der Waals surface area contributed by atoms with Crippen molar-refractivity contribution in [2.24, 2.45) is 0 Å². The Morgan fingerprint density at radius 3 is 2.58 bits per heavy atom. The van der Waals surface area contributed by atoms with Crippen LogP contribution in [-0.2, 0) is 0 Å². The Balaban J connectivity index is 2.73. The standard InChI is InChI=1S/C15H22N2OS/c1-4-17(5-2)8-9-19-15-10-13(11-16)6-7-14(15)12(3)18/h6-7,10,12,18H,4-5,8-9H2,1-3H3/t12-/m1/s1. The Hall–Kier alpha value is -1.02. The number of nitrogens with zero attached hydrogens (tertiary/aromatic N) is 2. The Bertz CT molecular complexity index is 436. The minimum absolute atomic E-state index is 0.497. The molecule has 104 valence electrons. The molecule has 1 atom stereocenters. The van der Waals surface area contributed by atoms with Crippen LogP contribution in [-0.4, -0.2) is 35.4 Å². The molecule has 0 radical (unpaired) electrons. The van der Waals surface area contributed by atoms with Crippen LogP contribution in [0.2, 0.25) is 0 Å². The van der Waals surface area contributed by atoms with Gasteiger partial charge >= 0.3 is 0 Å². The molecule has 0 aliphatic rings. The lowest BCUT2D eigenvalue weighted by Crippen LogP contribution is -2.25. The van der Waals surface area contributed by atoms with Gasteiger partial charge in [0, 0.05) is 17.2 Å². The van der Waals surface area contributed by atoms with Gasteiger partial charge in [-0.25, -0.2) is 0 Å². The Morgan fingerprint density at radius 1 is 1.37 bits per heavy atom. The van der Waals surface area contributed by atoms with Crippen molar-refractivity contribution in [3.63, 3.8) is 0 Å². The summed E-state index contributed by atoms with van der Waals surface area (Å²) in [5.41, 5.74) is 1.55. The highest BCUT2D eigenvalue weighted by molar-refractivity contribution is 7.99. The van der Waals surface area contributed by atoms with Gasteiger partial charge in [-0.3, -0.25) is 0 Å². The molecule has 0 aromatic heterocycles. The monoisotopic (exact) mass is 278 g/mol. The highest BCUT2D eigenvalue weighted by Crippen LogP contribution is 2.28. The molecule has 0 spiro atoms. The first-order chi connectivity index (χ1) is 9.12. The first-order valence-corrected chi connectivity index (χ1v) is 7.68. The first-order valence-electron chi connectivity index (χ1n) is 6.69. The molecule has 19 heavy (non-hydrogen) atoms. The minimum Gasteiger partial charge on any atom is -0.389 e. The van der Waals surface area contributed by atoms with Crippen LogP contribution in [0.15, 0.2) is 23.1 Å². The van der Waals surface area contributed by atoms with Crippen molar-refractivity contribution < 1.29 is 5.11 Å². The average molecular weight is 278 g/mol. The number of aliphatic hydroxyl groups excluding tert-OH is 1. The molecule has 0 saturated carbocycles. The van der Waals surface area contributed by atoms with E-state index in [1.807, 2.05) is 12.1 Å². The van der Waals surface area contributed by atoms with Gasteiger partial charge in [-0.05, 0) is 37.7 Å². The largest absolute Gasteiger partial charge is 0.389 e. The Morgan fingerprint density at radius 2 is 2.05 bits per heavy atom. The van der Waals surface area contributed by atoms with Crippen molar-refractivity contribution in [2.75, 3.05) is 25.4 Å². The molecule has 0 amide bonds. The molecule has 0 heterocycles. The second-order valence-electron chi connectivity index (χ2n) is 4.42. The van der Waals surface area contributed by atoms with E-state index in [0.29, 0.717) is 5.56 Å². The van der Waals surface area contributed by atoms with E-state index in [0.717, 1.165) is 35.8 Å². The maximum absolute atomic E-state index is 9.76. The van der Waals surface area contributed by atoms with Crippen molar-refractivity contribution in [1.29, 1.82) is 5.26 Å². The first kappa shape index (κ1) is 16.0. The van der Waals surface area contributed by atoms with E-state index in [-0.39, 0.29) is 0 Å². The fraction of sp³-hybridized carbons (Fsp3) is 0.533. The zero-order valence-corrected chi connectivity index (χ0v) is 12.7. The van der Waals surface area contributed by atoms with Crippen molar-refractivity contribution in [1.82, 2.24) is 4.90 Å². The number of hydrogen-bond acceptors (Lipinski definition) is 4. The van der Waals surface area contributed by atoms with Crippen molar-refractivity contribution >= 4 is 11.8 Å². The molecular formula is C15H22N2OS. The second-order valence-corrected chi connectivity index (χ2v) is 5.55. The van der Waals surface area contributed by atoms with Gasteiger partial charge in [-0.1, -0.05) is 19.9 Å². The SMILES string of the molecule is CCN(CC)CCSc1cc(C#N)ccc1[C@@H](C)O. The van der Waals surface area contributed by atoms with Gasteiger partial charge < -0.3 is 10.0 Å². The fourth-order valence-electron chi connectivity index (χ4n) is 1.90. The predicted molar refractivity (Wildman–Crippen MR) is 80.3 cm³/mol. The van der Waals surface area contributed by atoms with Gasteiger partial charge in [0.1, 0.15) is 0 Å². The highest BCUT2D eigenvalue weighted by atomic mass is 32.2. The van der Waals surface area contributed by atoms with Crippen LogP contribution in [0.1, 0.15) is 38.0 Å². The lowest BCUT2D eigenvalue weighted by Gasteiger charge is -2.18. The molecule has 0 bridgehead atoms. The molecule has 1 aromatic rings. The van der Waals surface area contributed by atoms with Gasteiger partial charge in [0.15, 0.2) is 0 Å². The number of nitriles is 1. The summed E-state index contributed by atoms with van der Waals surface area (Å²) in [6.07, 6.45) is -0.497. The van der Waals surface area contributed by atoms with Gasteiger partial charge in [0.25, 0.3) is 0 Å². The maximum Gasteiger partial charge on any atom is 0.0992 e. The van der Waals surface area contributed by atoms with E-state index >= 15 is 0 Å². The van der Waals surface area contributed by atoms with Gasteiger partial charge in [-0.2, -0.15) is 5.26 Å². The van der Waals surface area contributed by atoms with Gasteiger partial charge in [-0.15, -0.1) is 11.8 Å². The van der Waals surface area contributed by atoms with Crippen molar-refractivity contribution in [3.8, 4) is 6.07 Å². The molecule has 1 aromatic carbocycles. The molecule has 0 unspecified atom stereocenters. The third-order valence-electron chi connectivity index (χ3n) is 3.15. The number of aliphatic hydroxyl groups is 1. The van der Waals surface area contributed by atoms with Gasteiger partial charge in [0.05, 0.1) is 17.7 Å². The minimum atomic E-state index is -0.497. The number of benzene rings is 1. The second kappa shape index (κ2) is 8.21. The van der Waals surface area contributed by atoms with Crippen LogP contribution >= 0.6 is 11.8 Å². The van der Waals surface area contributed by atoms with E-state index < -0.39 is 6.10 Å². The normalized spacial score (nSPS) is 12.4. The summed E-state index contributed by atoms with van der Waals surface area (Å²) in [5, 5.41) is 18.7. The predicted octanol–water partition coefficient (Wildman–Crippen LogP) is 3.05. The molecule has 0 saturated heterocycles. The van der Waals surface area contributed by atoms with E-state index in [1.165, 1.54) is 0 Å². The van der Waals surface area contributed by atoms with E-state index in [2.05, 4.69) is 24.8 Å². The zero-order chi connectivity index (χ0) is 14.3. The van der Waals surface area contributed by atoms with E-state index in [9.17, 15) is 5.11 Å². The van der Waals surface area contributed by atoms with Crippen LogP contribution in [0.25, 0.3) is 0 Å². The third kappa shape index (κ3) is 4.87. The summed E-state index contributed by atoms with van der Waals surface area (Å²) < 4.78 is 0. The fourth-order valence-corrected chi connectivity index (χ4v) is 3.08. The summed E-state index contributed by atoms with van der Waals surface area (Å²) in [6.45, 7) is 9.21. The van der Waals surface area contributed by atoms with Crippen molar-refractivity contribution in [3.05, 3.63) is 29.3 Å². The molecular weight excluding hydrogens is 256 g/mol. The quantitative estimate of drug-likeness (QED) is 0.779. The topological polar surface area (TPSA) is 47.3 Å². The van der Waals surface area contributed by atoms with Crippen LogP contribution in [0, 0.1) is 11.3 Å². The lowest BCUT2D eigenvalue weighted by molar-refractivity contribution is 0.196. The highest BCUT2D eigenvalue weighted by Gasteiger charge is 2.10. The van der Waals surface area contributed by atoms with E-state index in [4.69, 9.17) is 5.26 Å². The number of rotatable bonds is 7. The number of thioether (sulfide) groups is 1. The Kier molecular flexibility index (Phi) is 6.93. The smallest absolute Gasteiger partial charge is 0.0992 e.